The normalized spacial score (nSPS) is 16.6. The number of para-hydroxylation sites is 2. The fourth-order valence-electron chi connectivity index (χ4n) is 15.6. The van der Waals surface area contributed by atoms with E-state index in [1.165, 1.54) is 155 Å². The average Bonchev–Trinajstić information content (AvgIpc) is 3.98. The summed E-state index contributed by atoms with van der Waals surface area (Å²) >= 11 is 0. The van der Waals surface area contributed by atoms with E-state index in [4.69, 9.17) is 0 Å². The molecule has 2 aliphatic carbocycles. The van der Waals surface area contributed by atoms with Gasteiger partial charge in [0, 0.05) is 47.7 Å². The number of nitrogens with zero attached hydrogens (tertiary/aromatic N) is 2. The Kier molecular flexibility index (Phi) is 8.96. The fourth-order valence-corrected chi connectivity index (χ4v) is 15.6. The van der Waals surface area contributed by atoms with Crippen LogP contribution in [0.2, 0.25) is 0 Å². The molecule has 2 aliphatic heterocycles. The highest BCUT2D eigenvalue weighted by Gasteiger charge is 2.53. The first-order valence-corrected chi connectivity index (χ1v) is 27.4. The third-order valence-corrected chi connectivity index (χ3v) is 18.8. The zero-order valence-corrected chi connectivity index (χ0v) is 44.3. The number of benzene rings is 12. The van der Waals surface area contributed by atoms with Crippen LogP contribution in [0.4, 0.5) is 22.7 Å². The molecular formula is C75H56N2. The van der Waals surface area contributed by atoms with E-state index in [1.807, 2.05) is 0 Å². The number of rotatable bonds is 3. The molecule has 0 saturated carbocycles. The lowest BCUT2D eigenvalue weighted by Gasteiger charge is -2.42. The molecule has 1 unspecified atom stereocenters. The lowest BCUT2D eigenvalue weighted by Crippen LogP contribution is -2.31. The smallest absolute Gasteiger partial charge is 0.0731 e. The van der Waals surface area contributed by atoms with Crippen LogP contribution in [0.5, 0.6) is 0 Å². The minimum absolute atomic E-state index is 0.268. The molecule has 0 aromatic heterocycles. The van der Waals surface area contributed by atoms with E-state index in [1.54, 1.807) is 0 Å². The Bertz CT molecular complexity index is 4400. The largest absolute Gasteiger partial charge is 0.344 e. The summed E-state index contributed by atoms with van der Waals surface area (Å²) in [7, 11) is 4.47. The minimum Gasteiger partial charge on any atom is -0.344 e. The second-order valence-electron chi connectivity index (χ2n) is 23.1. The second-order valence-corrected chi connectivity index (χ2v) is 23.1. The van der Waals surface area contributed by atoms with Gasteiger partial charge in [-0.3, -0.25) is 0 Å². The molecule has 0 saturated heterocycles. The zero-order chi connectivity index (χ0) is 51.7. The molecule has 2 heterocycles. The number of anilines is 4. The van der Waals surface area contributed by atoms with Crippen LogP contribution < -0.4 is 9.80 Å². The van der Waals surface area contributed by atoms with E-state index in [2.05, 4.69) is 282 Å². The molecule has 0 fully saturated rings. The molecule has 16 rings (SSSR count). The first-order chi connectivity index (χ1) is 37.6. The van der Waals surface area contributed by atoms with E-state index in [0.717, 1.165) is 0 Å². The molecule has 77 heavy (non-hydrogen) atoms. The van der Waals surface area contributed by atoms with E-state index in [-0.39, 0.29) is 10.8 Å². The van der Waals surface area contributed by atoms with Crippen LogP contribution in [0.25, 0.3) is 88.0 Å². The Morgan fingerprint density at radius 2 is 0.662 bits per heavy atom. The van der Waals surface area contributed by atoms with Gasteiger partial charge in [0.25, 0.3) is 0 Å². The zero-order valence-electron chi connectivity index (χ0n) is 44.3. The summed E-state index contributed by atoms with van der Waals surface area (Å²) in [6.45, 7) is 9.68. The van der Waals surface area contributed by atoms with Crippen molar-refractivity contribution in [2.75, 3.05) is 23.9 Å². The summed E-state index contributed by atoms with van der Waals surface area (Å²) in [5, 5.41) is 7.58. The van der Waals surface area contributed by atoms with Gasteiger partial charge < -0.3 is 9.80 Å². The van der Waals surface area contributed by atoms with Crippen molar-refractivity contribution >= 4 is 55.1 Å². The van der Waals surface area contributed by atoms with Crippen LogP contribution in [-0.4, -0.2) is 14.1 Å². The van der Waals surface area contributed by atoms with Gasteiger partial charge in [-0.1, -0.05) is 228 Å². The van der Waals surface area contributed by atoms with Gasteiger partial charge in [0.15, 0.2) is 0 Å². The van der Waals surface area contributed by atoms with Crippen LogP contribution >= 0.6 is 0 Å². The Labute approximate surface area is 451 Å². The third kappa shape index (κ3) is 5.60. The van der Waals surface area contributed by atoms with Crippen molar-refractivity contribution in [1.82, 2.24) is 0 Å². The lowest BCUT2D eigenvalue weighted by atomic mass is 9.69. The standard InChI is InChI=1S/C75H56N2/c1-73(2)61-35-13-15-38-64(61)76(5)66-40-20-30-52(71(66)73)47-26-17-28-50-57(47)44-58-48(53-31-21-41-67-72(53)74(3,4)62-36-14-16-39-65(62)77(67)6)27-18-29-51(58)68(50)56-32-19-37-63-69(56)55-25-10-12-34-60(55)75(63)59-33-11-9-24-49(59)54-43-42-45-22-7-8-23-46(45)70(54)75/h7-44H,1-6H3. The fraction of sp³-hybridized carbons (Fsp3) is 0.120. The minimum atomic E-state index is -0.528. The van der Waals surface area contributed by atoms with Gasteiger partial charge in [0.2, 0.25) is 0 Å². The SMILES string of the molecule is CN1c2ccccc2C(C)(C)c2c(-c3cccc4c(-c5cccc6c5-c5ccccc5C65c6ccccc6-c6ccc7ccccc7c65)c5cccc(-c6cccc7c6C(C)(C)c6ccccc6N7C)c5cc34)cccc21. The van der Waals surface area contributed by atoms with Crippen molar-refractivity contribution < 1.29 is 0 Å². The van der Waals surface area contributed by atoms with Crippen molar-refractivity contribution in [3.8, 4) is 55.6 Å². The average molecular weight is 985 g/mol. The molecule has 0 bridgehead atoms. The third-order valence-electron chi connectivity index (χ3n) is 18.8. The second kappa shape index (κ2) is 15.6. The molecule has 0 N–H and O–H groups in total. The van der Waals surface area contributed by atoms with Crippen LogP contribution in [0.1, 0.15) is 72.2 Å². The monoisotopic (exact) mass is 984 g/mol. The van der Waals surface area contributed by atoms with Gasteiger partial charge in [-0.05, 0) is 163 Å². The summed E-state index contributed by atoms with van der Waals surface area (Å²) in [6.07, 6.45) is 0. The number of hydrogen-bond acceptors (Lipinski definition) is 2. The maximum absolute atomic E-state index is 2.56. The summed E-state index contributed by atoms with van der Waals surface area (Å²) in [5.41, 5.74) is 27.6. The van der Waals surface area contributed by atoms with Gasteiger partial charge in [-0.15, -0.1) is 0 Å². The lowest BCUT2D eigenvalue weighted by molar-refractivity contribution is 0.631. The summed E-state index contributed by atoms with van der Waals surface area (Å²) in [4.78, 5) is 4.81. The highest BCUT2D eigenvalue weighted by molar-refractivity contribution is 6.22. The van der Waals surface area contributed by atoms with E-state index in [9.17, 15) is 0 Å². The molecule has 12 aromatic rings. The van der Waals surface area contributed by atoms with Crippen LogP contribution in [0.3, 0.4) is 0 Å². The first kappa shape index (κ1) is 44.3. The number of fused-ring (bicyclic) bond motifs is 18. The van der Waals surface area contributed by atoms with Crippen LogP contribution in [0.15, 0.2) is 231 Å². The molecule has 366 valence electrons. The van der Waals surface area contributed by atoms with Crippen LogP contribution in [-0.2, 0) is 16.2 Å². The van der Waals surface area contributed by atoms with Crippen molar-refractivity contribution in [3.05, 3.63) is 275 Å². The molecule has 0 amide bonds. The molecule has 2 heteroatoms. The predicted molar refractivity (Wildman–Crippen MR) is 325 cm³/mol. The summed E-state index contributed by atoms with van der Waals surface area (Å²) in [6, 6.07) is 88.3. The van der Waals surface area contributed by atoms with Gasteiger partial charge >= 0.3 is 0 Å². The van der Waals surface area contributed by atoms with E-state index in [0.29, 0.717) is 0 Å². The molecule has 12 aromatic carbocycles. The Morgan fingerprint density at radius 1 is 0.260 bits per heavy atom. The Morgan fingerprint density at radius 3 is 1.27 bits per heavy atom. The van der Waals surface area contributed by atoms with Gasteiger partial charge in [-0.25, -0.2) is 0 Å². The highest BCUT2D eigenvalue weighted by Crippen LogP contribution is 2.66. The van der Waals surface area contributed by atoms with Crippen molar-refractivity contribution in [1.29, 1.82) is 0 Å². The molecule has 0 radical (unpaired) electrons. The first-order valence-electron chi connectivity index (χ1n) is 27.4. The summed E-state index contributed by atoms with van der Waals surface area (Å²) < 4.78 is 0. The van der Waals surface area contributed by atoms with Gasteiger partial charge in [-0.2, -0.15) is 0 Å². The maximum Gasteiger partial charge on any atom is 0.0731 e. The van der Waals surface area contributed by atoms with Crippen molar-refractivity contribution in [3.63, 3.8) is 0 Å². The Balaban J connectivity index is 1.04. The van der Waals surface area contributed by atoms with E-state index >= 15 is 0 Å². The number of hydrogen-bond donors (Lipinski definition) is 0. The molecule has 1 atom stereocenters. The highest BCUT2D eigenvalue weighted by atomic mass is 15.1. The van der Waals surface area contributed by atoms with Gasteiger partial charge in [0.05, 0.1) is 5.41 Å². The predicted octanol–water partition coefficient (Wildman–Crippen LogP) is 19.3. The quantitative estimate of drug-likeness (QED) is 0.163. The Hall–Kier alpha value is -8.98. The van der Waals surface area contributed by atoms with Crippen LogP contribution in [0, 0.1) is 0 Å². The van der Waals surface area contributed by atoms with Crippen molar-refractivity contribution in [2.45, 2.75) is 43.9 Å². The van der Waals surface area contributed by atoms with E-state index < -0.39 is 5.41 Å². The molecular weight excluding hydrogens is 929 g/mol. The maximum atomic E-state index is 2.56. The molecule has 1 spiro atoms. The van der Waals surface area contributed by atoms with Gasteiger partial charge in [0.1, 0.15) is 0 Å². The van der Waals surface area contributed by atoms with Crippen molar-refractivity contribution in [2.24, 2.45) is 0 Å². The molecule has 4 aliphatic rings. The molecule has 2 nitrogen and oxygen atoms in total. The summed E-state index contributed by atoms with van der Waals surface area (Å²) in [5.74, 6) is 0. The topological polar surface area (TPSA) is 6.48 Å².